The lowest BCUT2D eigenvalue weighted by atomic mass is 10.1. The number of benzene rings is 2. The summed E-state index contributed by atoms with van der Waals surface area (Å²) in [6.45, 7) is 1.94. The Morgan fingerprint density at radius 1 is 1.33 bits per heavy atom. The van der Waals surface area contributed by atoms with Crippen LogP contribution >= 0.6 is 0 Å². The molecule has 2 aromatic carbocycles. The minimum atomic E-state index is -0.942. The van der Waals surface area contributed by atoms with Crippen LogP contribution in [0.4, 0.5) is 11.6 Å². The van der Waals surface area contributed by atoms with E-state index in [4.69, 9.17) is 11.4 Å². The second kappa shape index (κ2) is 7.41. The summed E-state index contributed by atoms with van der Waals surface area (Å²) in [5, 5.41) is 18.2. The maximum absolute atomic E-state index is 12.2. The highest BCUT2D eigenvalue weighted by Gasteiger charge is 2.19. The van der Waals surface area contributed by atoms with Crippen LogP contribution in [0, 0.1) is 0 Å². The van der Waals surface area contributed by atoms with Gasteiger partial charge in [0.15, 0.2) is 6.04 Å². The standard InChI is InChI=1S/C18H18N4O2/c1-14(12-15-8-4-2-5-9-15)22-13-17(24-21-22)20-18(23)19-16-10-6-3-7-11-16/h2-11,13-14H,12H2,1H3,(H-,19,20,21,23)/t14-/m0/s1/i3D,6D,7D,10D,11D. The highest BCUT2D eigenvalue weighted by molar-refractivity contribution is 5.86. The van der Waals surface area contributed by atoms with Gasteiger partial charge in [-0.2, -0.15) is 0 Å². The molecule has 6 heteroatoms. The zero-order valence-electron chi connectivity index (χ0n) is 17.9. The number of aromatic nitrogens is 2. The van der Waals surface area contributed by atoms with E-state index >= 15 is 0 Å². The molecule has 0 unspecified atom stereocenters. The fraction of sp³-hybridized carbons (Fsp3) is 0.167. The first-order chi connectivity index (χ1) is 13.8. The molecule has 6 nitrogen and oxygen atoms in total. The van der Waals surface area contributed by atoms with E-state index in [2.05, 4.69) is 15.6 Å². The fourth-order valence-corrected chi connectivity index (χ4v) is 2.10. The van der Waals surface area contributed by atoms with Crippen molar-refractivity contribution in [3.8, 4) is 0 Å². The van der Waals surface area contributed by atoms with Crippen LogP contribution in [0.1, 0.15) is 25.4 Å². The Kier molecular flexibility index (Phi) is 3.27. The molecule has 0 aliphatic carbocycles. The van der Waals surface area contributed by atoms with E-state index in [1.165, 1.54) is 10.9 Å². The average Bonchev–Trinajstić information content (AvgIpc) is 3.17. The molecular weight excluding hydrogens is 304 g/mol. The normalized spacial score (nSPS) is 15.7. The Morgan fingerprint density at radius 3 is 2.83 bits per heavy atom. The molecule has 1 atom stereocenters. The van der Waals surface area contributed by atoms with Gasteiger partial charge in [-0.05, 0) is 22.3 Å². The molecule has 0 aliphatic rings. The summed E-state index contributed by atoms with van der Waals surface area (Å²) in [6.07, 6.45) is 2.15. The van der Waals surface area contributed by atoms with Crippen molar-refractivity contribution in [3.63, 3.8) is 0 Å². The third-order valence-corrected chi connectivity index (χ3v) is 3.24. The smallest absolute Gasteiger partial charge is 0.322 e. The van der Waals surface area contributed by atoms with Crippen LogP contribution in [-0.4, -0.2) is 11.3 Å². The predicted molar refractivity (Wildman–Crippen MR) is 88.7 cm³/mol. The number of hydrogen-bond donors (Lipinski definition) is 1. The van der Waals surface area contributed by atoms with Crippen molar-refractivity contribution in [2.45, 2.75) is 19.4 Å². The van der Waals surface area contributed by atoms with E-state index in [0.29, 0.717) is 6.42 Å². The third kappa shape index (κ3) is 4.19. The second-order valence-electron chi connectivity index (χ2n) is 5.10. The number of hydrogen-bond acceptors (Lipinski definition) is 4. The van der Waals surface area contributed by atoms with Gasteiger partial charge in [-0.15, -0.1) is 0 Å². The number of aliphatic imine (C=N–C) groups is 1. The number of nitrogens with zero attached hydrogens (tertiary/aromatic N) is 3. The van der Waals surface area contributed by atoms with E-state index in [0.717, 1.165) is 5.56 Å². The van der Waals surface area contributed by atoms with Crippen LogP contribution < -0.4 is 15.1 Å². The number of rotatable bonds is 5. The lowest BCUT2D eigenvalue weighted by molar-refractivity contribution is -0.782. The maximum atomic E-state index is 12.2. The number of nitrogens with one attached hydrogen (secondary N) is 1. The molecule has 0 aliphatic heterocycles. The third-order valence-electron chi connectivity index (χ3n) is 3.24. The monoisotopic (exact) mass is 327 g/mol. The number of anilines is 1. The first-order valence-electron chi connectivity index (χ1n) is 9.79. The molecule has 3 aromatic rings. The zero-order valence-corrected chi connectivity index (χ0v) is 12.9. The van der Waals surface area contributed by atoms with Gasteiger partial charge in [-0.25, -0.2) is 4.99 Å². The number of amidine groups is 1. The first-order valence-corrected chi connectivity index (χ1v) is 7.29. The van der Waals surface area contributed by atoms with E-state index in [1.54, 1.807) is 0 Å². The Bertz CT molecular complexity index is 1030. The van der Waals surface area contributed by atoms with Crippen molar-refractivity contribution >= 4 is 17.6 Å². The maximum Gasteiger partial charge on any atom is 0.322 e. The summed E-state index contributed by atoms with van der Waals surface area (Å²) < 4.78 is 45.0. The molecule has 1 aromatic heterocycles. The SMILES string of the molecule is [2H]c1c([2H])c([2H])c(NC([O-])=Nc2c[n+]([C@@H](C)Cc3ccccc3)no2)c([2H])c1[2H]. The van der Waals surface area contributed by atoms with Crippen molar-refractivity contribution in [3.05, 3.63) is 72.3 Å². The van der Waals surface area contributed by atoms with Gasteiger partial charge in [0.25, 0.3) is 6.20 Å². The molecule has 0 radical (unpaired) electrons. The molecule has 0 saturated carbocycles. The van der Waals surface area contributed by atoms with Gasteiger partial charge in [0.05, 0.1) is 12.9 Å². The molecular formula is C18H18N4O2. The van der Waals surface area contributed by atoms with Gasteiger partial charge < -0.3 is 10.4 Å². The van der Waals surface area contributed by atoms with Crippen LogP contribution in [0.25, 0.3) is 0 Å². The molecule has 122 valence electrons. The molecule has 1 heterocycles. The quantitative estimate of drug-likeness (QED) is 0.443. The predicted octanol–water partition coefficient (Wildman–Crippen LogP) is 2.23. The Labute approximate surface area is 147 Å². The second-order valence-corrected chi connectivity index (χ2v) is 5.10. The summed E-state index contributed by atoms with van der Waals surface area (Å²) in [5.41, 5.74) is 0.766. The van der Waals surface area contributed by atoms with Gasteiger partial charge >= 0.3 is 5.88 Å². The van der Waals surface area contributed by atoms with E-state index in [-0.39, 0.29) is 17.6 Å². The van der Waals surface area contributed by atoms with Crippen LogP contribution in [0.3, 0.4) is 0 Å². The molecule has 0 spiro atoms. The summed E-state index contributed by atoms with van der Waals surface area (Å²) in [4.78, 5) is 3.69. The lowest BCUT2D eigenvalue weighted by Crippen LogP contribution is -2.39. The van der Waals surface area contributed by atoms with Crippen molar-refractivity contribution in [2.75, 3.05) is 5.32 Å². The highest BCUT2D eigenvalue weighted by atomic mass is 16.5. The molecule has 0 amide bonds. The molecule has 0 saturated heterocycles. The van der Waals surface area contributed by atoms with Crippen LogP contribution in [0.15, 0.2) is 76.3 Å². The summed E-state index contributed by atoms with van der Waals surface area (Å²) >= 11 is 0. The highest BCUT2D eigenvalue weighted by Crippen LogP contribution is 2.12. The van der Waals surface area contributed by atoms with Gasteiger partial charge in [0.1, 0.15) is 0 Å². The zero-order chi connectivity index (χ0) is 21.1. The minimum absolute atomic E-state index is 0.0470. The first kappa shape index (κ1) is 10.6. The van der Waals surface area contributed by atoms with Gasteiger partial charge in [0, 0.05) is 19.0 Å². The Balaban J connectivity index is 1.77. The van der Waals surface area contributed by atoms with E-state index in [1.807, 2.05) is 37.3 Å². The summed E-state index contributed by atoms with van der Waals surface area (Å²) in [5.74, 6) is -0.0743. The molecule has 0 bridgehead atoms. The van der Waals surface area contributed by atoms with E-state index in [9.17, 15) is 5.11 Å². The number of para-hydroxylation sites is 1. The van der Waals surface area contributed by atoms with Crippen molar-refractivity contribution < 1.29 is 21.2 Å². The summed E-state index contributed by atoms with van der Waals surface area (Å²) in [6, 6.07) is 6.14. The summed E-state index contributed by atoms with van der Waals surface area (Å²) in [7, 11) is 0. The molecule has 1 N–H and O–H groups in total. The van der Waals surface area contributed by atoms with Crippen molar-refractivity contribution in [1.82, 2.24) is 5.27 Å². The average molecular weight is 327 g/mol. The minimum Gasteiger partial charge on any atom is -0.846 e. The van der Waals surface area contributed by atoms with Gasteiger partial charge in [-0.1, -0.05) is 48.5 Å². The lowest BCUT2D eigenvalue weighted by Gasteiger charge is -2.11. The fourth-order valence-electron chi connectivity index (χ4n) is 2.10. The van der Waals surface area contributed by atoms with Crippen LogP contribution in [-0.2, 0) is 6.42 Å². The molecule has 0 fully saturated rings. The van der Waals surface area contributed by atoms with Crippen molar-refractivity contribution in [2.24, 2.45) is 4.99 Å². The van der Waals surface area contributed by atoms with Gasteiger partial charge in [-0.3, -0.25) is 4.52 Å². The van der Waals surface area contributed by atoms with Gasteiger partial charge in [0.2, 0.25) is 5.27 Å². The molecule has 3 rings (SSSR count). The topological polar surface area (TPSA) is 77.4 Å². The Hall–Kier alpha value is -3.15. The molecule has 24 heavy (non-hydrogen) atoms. The van der Waals surface area contributed by atoms with E-state index < -0.39 is 36.2 Å². The largest absolute Gasteiger partial charge is 0.846 e. The van der Waals surface area contributed by atoms with Crippen LogP contribution in [0.5, 0.6) is 0 Å². The van der Waals surface area contributed by atoms with Crippen molar-refractivity contribution in [1.29, 1.82) is 0 Å². The van der Waals surface area contributed by atoms with Crippen LogP contribution in [0.2, 0.25) is 0 Å². The Morgan fingerprint density at radius 2 is 2.08 bits per heavy atom.